The summed E-state index contributed by atoms with van der Waals surface area (Å²) >= 11 is 3.27. The van der Waals surface area contributed by atoms with Crippen molar-refractivity contribution in [3.63, 3.8) is 0 Å². The van der Waals surface area contributed by atoms with Crippen LogP contribution in [-0.4, -0.2) is 31.8 Å². The molecule has 5 nitrogen and oxygen atoms in total. The van der Waals surface area contributed by atoms with Crippen LogP contribution in [0.4, 0.5) is 8.78 Å². The standard InChI is InChI=1S/C15H19BrF2N2O3.ClH/c16-11-1-2-12(23-15(17)18)10(7-11)8-20-14(21)13(19)9-3-5-22-6-4-9;/h1-2,7,9,13,15H,3-6,8,19H2,(H,20,21);1H. The van der Waals surface area contributed by atoms with Crippen LogP contribution in [-0.2, 0) is 16.1 Å². The molecule has 1 aromatic rings. The van der Waals surface area contributed by atoms with E-state index >= 15 is 0 Å². The molecule has 1 unspecified atom stereocenters. The van der Waals surface area contributed by atoms with Crippen LogP contribution >= 0.6 is 28.3 Å². The van der Waals surface area contributed by atoms with Gasteiger partial charge in [-0.1, -0.05) is 15.9 Å². The van der Waals surface area contributed by atoms with Gasteiger partial charge in [-0.25, -0.2) is 0 Å². The van der Waals surface area contributed by atoms with Crippen LogP contribution < -0.4 is 15.8 Å². The molecular formula is C15H20BrClF2N2O3. The Morgan fingerprint density at radius 3 is 2.71 bits per heavy atom. The first-order valence-electron chi connectivity index (χ1n) is 7.31. The van der Waals surface area contributed by atoms with Gasteiger partial charge in [-0.3, -0.25) is 4.79 Å². The largest absolute Gasteiger partial charge is 0.434 e. The lowest BCUT2D eigenvalue weighted by Crippen LogP contribution is -2.46. The molecule has 1 fully saturated rings. The monoisotopic (exact) mass is 428 g/mol. The topological polar surface area (TPSA) is 73.6 Å². The number of hydrogen-bond acceptors (Lipinski definition) is 4. The molecular weight excluding hydrogens is 410 g/mol. The van der Waals surface area contributed by atoms with Gasteiger partial charge in [0.2, 0.25) is 5.91 Å². The zero-order valence-corrected chi connectivity index (χ0v) is 15.2. The van der Waals surface area contributed by atoms with Crippen molar-refractivity contribution in [3.8, 4) is 5.75 Å². The number of nitrogens with one attached hydrogen (secondary N) is 1. The lowest BCUT2D eigenvalue weighted by molar-refractivity contribution is -0.124. The van der Waals surface area contributed by atoms with Crippen LogP contribution in [0.1, 0.15) is 18.4 Å². The summed E-state index contributed by atoms with van der Waals surface area (Å²) in [6.45, 7) is -1.65. The molecule has 9 heteroatoms. The van der Waals surface area contributed by atoms with Crippen LogP contribution in [0.3, 0.4) is 0 Å². The molecule has 3 N–H and O–H groups in total. The van der Waals surface area contributed by atoms with Crippen molar-refractivity contribution in [2.45, 2.75) is 32.0 Å². The van der Waals surface area contributed by atoms with Gasteiger partial charge in [0.1, 0.15) is 5.75 Å². The molecule has 0 saturated carbocycles. The normalized spacial score (nSPS) is 16.4. The minimum atomic E-state index is -2.92. The van der Waals surface area contributed by atoms with Crippen LogP contribution in [0.25, 0.3) is 0 Å². The first kappa shape index (κ1) is 21.1. The summed E-state index contributed by atoms with van der Waals surface area (Å²) < 4.78 is 35.2. The number of nitrogens with two attached hydrogens (primary N) is 1. The highest BCUT2D eigenvalue weighted by Crippen LogP contribution is 2.25. The second kappa shape index (κ2) is 10.1. The molecule has 2 rings (SSSR count). The van der Waals surface area contributed by atoms with Crippen molar-refractivity contribution >= 4 is 34.2 Å². The van der Waals surface area contributed by atoms with Crippen molar-refractivity contribution in [2.75, 3.05) is 13.2 Å². The zero-order valence-electron chi connectivity index (χ0n) is 12.8. The molecule has 1 aliphatic rings. The number of ether oxygens (including phenoxy) is 2. The van der Waals surface area contributed by atoms with E-state index in [2.05, 4.69) is 26.0 Å². The maximum Gasteiger partial charge on any atom is 0.387 e. The molecule has 1 aromatic carbocycles. The number of benzene rings is 1. The molecule has 1 atom stereocenters. The first-order valence-corrected chi connectivity index (χ1v) is 8.11. The summed E-state index contributed by atoms with van der Waals surface area (Å²) in [5.74, 6) is -0.203. The maximum absolute atomic E-state index is 12.4. The summed E-state index contributed by atoms with van der Waals surface area (Å²) in [4.78, 5) is 12.2. The maximum atomic E-state index is 12.4. The summed E-state index contributed by atoms with van der Waals surface area (Å²) in [6, 6.07) is 4.01. The van der Waals surface area contributed by atoms with Crippen molar-refractivity contribution in [2.24, 2.45) is 11.7 Å². The SMILES string of the molecule is Cl.NC(C(=O)NCc1cc(Br)ccc1OC(F)F)C1CCOCC1. The third kappa shape index (κ3) is 6.16. The van der Waals surface area contributed by atoms with Crippen LogP contribution in [0.2, 0.25) is 0 Å². The molecule has 0 spiro atoms. The van der Waals surface area contributed by atoms with E-state index in [1.54, 1.807) is 12.1 Å². The molecule has 1 aliphatic heterocycles. The number of amides is 1. The molecule has 0 bridgehead atoms. The third-order valence-electron chi connectivity index (χ3n) is 3.77. The quantitative estimate of drug-likeness (QED) is 0.729. The van der Waals surface area contributed by atoms with Gasteiger partial charge in [0.15, 0.2) is 0 Å². The number of carbonyl (C=O) groups is 1. The van der Waals surface area contributed by atoms with E-state index in [4.69, 9.17) is 10.5 Å². The molecule has 0 aromatic heterocycles. The Morgan fingerprint density at radius 2 is 2.08 bits per heavy atom. The predicted octanol–water partition coefficient (Wildman–Crippen LogP) is 2.84. The average Bonchev–Trinajstić information content (AvgIpc) is 2.54. The minimum Gasteiger partial charge on any atom is -0.434 e. The highest BCUT2D eigenvalue weighted by molar-refractivity contribution is 9.10. The van der Waals surface area contributed by atoms with E-state index in [1.807, 2.05) is 0 Å². The van der Waals surface area contributed by atoms with Gasteiger partial charge >= 0.3 is 6.61 Å². The second-order valence-corrected chi connectivity index (χ2v) is 6.24. The van der Waals surface area contributed by atoms with Crippen molar-refractivity contribution in [3.05, 3.63) is 28.2 Å². The Bertz CT molecular complexity index is 545. The van der Waals surface area contributed by atoms with E-state index in [0.29, 0.717) is 23.2 Å². The van der Waals surface area contributed by atoms with Gasteiger partial charge in [0.25, 0.3) is 0 Å². The van der Waals surface area contributed by atoms with E-state index in [1.165, 1.54) is 6.07 Å². The first-order chi connectivity index (χ1) is 11.0. The number of alkyl halides is 2. The van der Waals surface area contributed by atoms with E-state index in [-0.39, 0.29) is 36.5 Å². The Labute approximate surface area is 153 Å². The smallest absolute Gasteiger partial charge is 0.387 e. The van der Waals surface area contributed by atoms with Gasteiger partial charge in [0.05, 0.1) is 6.04 Å². The highest BCUT2D eigenvalue weighted by Gasteiger charge is 2.26. The summed E-state index contributed by atoms with van der Waals surface area (Å²) in [7, 11) is 0. The van der Waals surface area contributed by atoms with E-state index in [0.717, 1.165) is 12.8 Å². The van der Waals surface area contributed by atoms with Gasteiger partial charge in [-0.2, -0.15) is 8.78 Å². The lowest BCUT2D eigenvalue weighted by Gasteiger charge is -2.26. The fourth-order valence-electron chi connectivity index (χ4n) is 2.49. The second-order valence-electron chi connectivity index (χ2n) is 5.32. The van der Waals surface area contributed by atoms with Gasteiger partial charge in [-0.05, 0) is 37.0 Å². The highest BCUT2D eigenvalue weighted by atomic mass is 79.9. The Hall–Kier alpha value is -0.960. The summed E-state index contributed by atoms with van der Waals surface area (Å²) in [6.07, 6.45) is 1.48. The summed E-state index contributed by atoms with van der Waals surface area (Å²) in [5.41, 5.74) is 6.43. The average molecular weight is 430 g/mol. The van der Waals surface area contributed by atoms with Crippen LogP contribution in [0, 0.1) is 5.92 Å². The molecule has 1 amide bonds. The molecule has 0 aliphatic carbocycles. The van der Waals surface area contributed by atoms with E-state index in [9.17, 15) is 13.6 Å². The molecule has 1 saturated heterocycles. The number of rotatable bonds is 6. The molecule has 0 radical (unpaired) electrons. The summed E-state index contributed by atoms with van der Waals surface area (Å²) in [5, 5.41) is 2.69. The predicted molar refractivity (Wildman–Crippen MR) is 91.4 cm³/mol. The molecule has 24 heavy (non-hydrogen) atoms. The van der Waals surface area contributed by atoms with Gasteiger partial charge in [-0.15, -0.1) is 12.4 Å². The zero-order chi connectivity index (χ0) is 16.8. The Balaban J connectivity index is 0.00000288. The Kier molecular flexibility index (Phi) is 8.90. The third-order valence-corrected chi connectivity index (χ3v) is 4.26. The fraction of sp³-hybridized carbons (Fsp3) is 0.533. The lowest BCUT2D eigenvalue weighted by atomic mass is 9.92. The van der Waals surface area contributed by atoms with Crippen molar-refractivity contribution in [1.29, 1.82) is 0 Å². The van der Waals surface area contributed by atoms with Crippen molar-refractivity contribution in [1.82, 2.24) is 5.32 Å². The van der Waals surface area contributed by atoms with Gasteiger partial charge < -0.3 is 20.5 Å². The van der Waals surface area contributed by atoms with E-state index < -0.39 is 12.7 Å². The van der Waals surface area contributed by atoms with Gasteiger partial charge in [0, 0.05) is 29.8 Å². The minimum absolute atomic E-state index is 0. The number of carbonyl (C=O) groups excluding carboxylic acids is 1. The van der Waals surface area contributed by atoms with Crippen LogP contribution in [0.5, 0.6) is 5.75 Å². The fourth-order valence-corrected chi connectivity index (χ4v) is 2.89. The van der Waals surface area contributed by atoms with Crippen LogP contribution in [0.15, 0.2) is 22.7 Å². The van der Waals surface area contributed by atoms with Crippen molar-refractivity contribution < 1.29 is 23.0 Å². The number of hydrogen-bond donors (Lipinski definition) is 2. The number of halogens is 4. The Morgan fingerprint density at radius 1 is 1.42 bits per heavy atom. The molecule has 136 valence electrons. The molecule has 1 heterocycles.